The fourth-order valence-corrected chi connectivity index (χ4v) is 5.95. The molecule has 1 amide bonds. The monoisotopic (exact) mass is 411 g/mol. The Morgan fingerprint density at radius 1 is 1.16 bits per heavy atom. The summed E-state index contributed by atoms with van der Waals surface area (Å²) in [6, 6.07) is 13.7. The number of nitrogens with one attached hydrogen (secondary N) is 1. The summed E-state index contributed by atoms with van der Waals surface area (Å²) in [6.45, 7) is 6.44. The lowest BCUT2D eigenvalue weighted by Gasteiger charge is -2.53. The number of hydrogen-bond donors (Lipinski definition) is 1. The number of hydrogen-bond acceptors (Lipinski definition) is 5. The van der Waals surface area contributed by atoms with Gasteiger partial charge < -0.3 is 10.3 Å². The van der Waals surface area contributed by atoms with E-state index in [1.807, 2.05) is 30.3 Å². The molecule has 3 aliphatic rings. The van der Waals surface area contributed by atoms with Gasteiger partial charge in [-0.3, -0.25) is 4.79 Å². The summed E-state index contributed by atoms with van der Waals surface area (Å²) in [5.41, 5.74) is -1.48. The zero-order valence-electron chi connectivity index (χ0n) is 18.2. The Balaban J connectivity index is 2.09. The molecule has 1 aromatic rings. The lowest BCUT2D eigenvalue weighted by Crippen LogP contribution is -2.62. The predicted molar refractivity (Wildman–Crippen MR) is 116 cm³/mol. The molecular formula is C25H25N5O. The van der Waals surface area contributed by atoms with E-state index in [-0.39, 0.29) is 23.0 Å². The summed E-state index contributed by atoms with van der Waals surface area (Å²) >= 11 is 0. The quantitative estimate of drug-likeness (QED) is 0.647. The van der Waals surface area contributed by atoms with Crippen molar-refractivity contribution in [1.29, 1.82) is 21.2 Å². The lowest BCUT2D eigenvalue weighted by atomic mass is 9.45. The molecule has 1 aromatic carbocycles. The van der Waals surface area contributed by atoms with Crippen molar-refractivity contribution in [3.8, 4) is 18.2 Å². The standard InChI is InChI=1S/C25H25N5O/c1-23(2,3)15-9-10-16-18(11-15)25(19(12-26)21(29)24(16,13-27)14-28)17-7-5-6-8-20(17)30(4)22(25)31/h5-8,10,15,18-19,29H,9,11H2,1-4H3/t15-,18-,19-,25-/m0/s1. The average Bonchev–Trinajstić information content (AvgIpc) is 2.97. The molecule has 1 spiro atoms. The van der Waals surface area contributed by atoms with Gasteiger partial charge in [0.05, 0.1) is 23.9 Å². The molecule has 6 heteroatoms. The van der Waals surface area contributed by atoms with Crippen molar-refractivity contribution in [3.63, 3.8) is 0 Å². The second kappa shape index (κ2) is 6.53. The maximum atomic E-state index is 13.9. The topological polar surface area (TPSA) is 116 Å². The Hall–Kier alpha value is -3.43. The second-order valence-corrected chi connectivity index (χ2v) is 9.95. The maximum absolute atomic E-state index is 13.9. The zero-order chi connectivity index (χ0) is 22.8. The van der Waals surface area contributed by atoms with Gasteiger partial charge in [0, 0.05) is 18.7 Å². The van der Waals surface area contributed by atoms with Gasteiger partial charge in [-0.05, 0) is 41.4 Å². The molecule has 0 aromatic heterocycles. The number of amides is 1. The zero-order valence-corrected chi connectivity index (χ0v) is 18.2. The molecule has 0 saturated heterocycles. The molecule has 1 heterocycles. The van der Waals surface area contributed by atoms with Crippen LogP contribution in [0.2, 0.25) is 0 Å². The van der Waals surface area contributed by atoms with Crippen molar-refractivity contribution in [1.82, 2.24) is 0 Å². The van der Waals surface area contributed by atoms with Gasteiger partial charge in [-0.15, -0.1) is 0 Å². The molecule has 2 aliphatic carbocycles. The highest BCUT2D eigenvalue weighted by molar-refractivity contribution is 6.15. The Labute approximate surface area is 182 Å². The van der Waals surface area contributed by atoms with Crippen molar-refractivity contribution >= 4 is 17.3 Å². The predicted octanol–water partition coefficient (Wildman–Crippen LogP) is 4.11. The highest BCUT2D eigenvalue weighted by Gasteiger charge is 2.70. The molecule has 31 heavy (non-hydrogen) atoms. The van der Waals surface area contributed by atoms with E-state index in [1.54, 1.807) is 11.9 Å². The van der Waals surface area contributed by atoms with Gasteiger partial charge in [-0.25, -0.2) is 0 Å². The van der Waals surface area contributed by atoms with Crippen LogP contribution in [-0.4, -0.2) is 18.7 Å². The average molecular weight is 412 g/mol. The number of likely N-dealkylation sites (N-methyl/N-ethyl adjacent to an activating group) is 1. The number of nitrogens with zero attached hydrogens (tertiary/aromatic N) is 4. The van der Waals surface area contributed by atoms with Crippen LogP contribution in [0.5, 0.6) is 0 Å². The Morgan fingerprint density at radius 3 is 2.39 bits per heavy atom. The van der Waals surface area contributed by atoms with E-state index in [4.69, 9.17) is 5.41 Å². The van der Waals surface area contributed by atoms with Gasteiger partial charge in [-0.2, -0.15) is 15.8 Å². The van der Waals surface area contributed by atoms with Crippen LogP contribution in [0.25, 0.3) is 0 Å². The molecular weight excluding hydrogens is 386 g/mol. The third-order valence-corrected chi connectivity index (χ3v) is 7.71. The van der Waals surface area contributed by atoms with Gasteiger partial charge in [0.25, 0.3) is 0 Å². The number of carbonyl (C=O) groups is 1. The Morgan fingerprint density at radius 2 is 1.81 bits per heavy atom. The number of rotatable bonds is 0. The molecule has 1 N–H and O–H groups in total. The van der Waals surface area contributed by atoms with Crippen LogP contribution < -0.4 is 4.90 Å². The van der Waals surface area contributed by atoms with Gasteiger partial charge in [0.2, 0.25) is 11.3 Å². The first-order valence-corrected chi connectivity index (χ1v) is 10.5. The smallest absolute Gasteiger partial charge is 0.239 e. The normalized spacial score (nSPS) is 31.2. The summed E-state index contributed by atoms with van der Waals surface area (Å²) < 4.78 is 0. The Kier molecular flexibility index (Phi) is 4.39. The number of carbonyl (C=O) groups excluding carboxylic acids is 1. The SMILES string of the molecule is CN1C(=O)[C@]2(c3ccccc31)[C@@H](C#N)C(=N)C(C#N)(C#N)C1=CC[C@H](C(C)(C)C)C[C@@H]12. The fraction of sp³-hybridized carbons (Fsp3) is 0.480. The fourth-order valence-electron chi connectivity index (χ4n) is 5.95. The minimum atomic E-state index is -1.81. The molecule has 4 atom stereocenters. The van der Waals surface area contributed by atoms with E-state index in [0.29, 0.717) is 24.0 Å². The van der Waals surface area contributed by atoms with Gasteiger partial charge in [-0.1, -0.05) is 45.0 Å². The van der Waals surface area contributed by atoms with Gasteiger partial charge >= 0.3 is 0 Å². The summed E-state index contributed by atoms with van der Waals surface area (Å²) in [5, 5.41) is 39.3. The third-order valence-electron chi connectivity index (χ3n) is 7.71. The molecule has 0 unspecified atom stereocenters. The molecule has 1 saturated carbocycles. The molecule has 1 fully saturated rings. The summed E-state index contributed by atoms with van der Waals surface area (Å²) in [5.74, 6) is -1.71. The molecule has 4 rings (SSSR count). The van der Waals surface area contributed by atoms with Crippen LogP contribution in [0.15, 0.2) is 35.9 Å². The first-order chi connectivity index (χ1) is 14.6. The van der Waals surface area contributed by atoms with Crippen LogP contribution >= 0.6 is 0 Å². The van der Waals surface area contributed by atoms with Gasteiger partial charge in [0.15, 0.2) is 0 Å². The minimum Gasteiger partial charge on any atom is -0.314 e. The molecule has 156 valence electrons. The second-order valence-electron chi connectivity index (χ2n) is 9.95. The van der Waals surface area contributed by atoms with E-state index >= 15 is 0 Å². The lowest BCUT2D eigenvalue weighted by molar-refractivity contribution is -0.126. The number of allylic oxidation sites excluding steroid dienone is 2. The molecule has 6 nitrogen and oxygen atoms in total. The first-order valence-electron chi connectivity index (χ1n) is 10.5. The molecule has 0 radical (unpaired) electrons. The van der Waals surface area contributed by atoms with E-state index in [1.165, 1.54) is 0 Å². The number of anilines is 1. The summed E-state index contributed by atoms with van der Waals surface area (Å²) in [7, 11) is 1.69. The third kappa shape index (κ3) is 2.35. The van der Waals surface area contributed by atoms with Crippen LogP contribution in [0, 0.1) is 68.0 Å². The highest BCUT2D eigenvalue weighted by atomic mass is 16.2. The van der Waals surface area contributed by atoms with E-state index in [0.717, 1.165) is 5.69 Å². The van der Waals surface area contributed by atoms with E-state index in [2.05, 4.69) is 39.0 Å². The van der Waals surface area contributed by atoms with Gasteiger partial charge in [0.1, 0.15) is 11.3 Å². The molecule has 0 bridgehead atoms. The van der Waals surface area contributed by atoms with Crippen LogP contribution in [0.4, 0.5) is 5.69 Å². The molecule has 1 aliphatic heterocycles. The Bertz CT molecular complexity index is 1140. The van der Waals surface area contributed by atoms with E-state index < -0.39 is 22.7 Å². The van der Waals surface area contributed by atoms with Crippen molar-refractivity contribution in [2.24, 2.45) is 28.6 Å². The number of nitriles is 3. The van der Waals surface area contributed by atoms with Crippen molar-refractivity contribution in [3.05, 3.63) is 41.5 Å². The first kappa shape index (κ1) is 20.8. The number of benzene rings is 1. The highest BCUT2D eigenvalue weighted by Crippen LogP contribution is 2.63. The minimum absolute atomic E-state index is 0.0503. The maximum Gasteiger partial charge on any atom is 0.239 e. The largest absolute Gasteiger partial charge is 0.314 e. The van der Waals surface area contributed by atoms with E-state index in [9.17, 15) is 20.6 Å². The van der Waals surface area contributed by atoms with Crippen LogP contribution in [0.1, 0.15) is 39.2 Å². The summed E-state index contributed by atoms with van der Waals surface area (Å²) in [4.78, 5) is 15.5. The number of fused-ring (bicyclic) bond motifs is 4. The summed E-state index contributed by atoms with van der Waals surface area (Å²) in [6.07, 6.45) is 3.17. The van der Waals surface area contributed by atoms with Crippen molar-refractivity contribution in [2.75, 3.05) is 11.9 Å². The van der Waals surface area contributed by atoms with Crippen LogP contribution in [0.3, 0.4) is 0 Å². The number of para-hydroxylation sites is 1. The van der Waals surface area contributed by atoms with Crippen molar-refractivity contribution in [2.45, 2.75) is 39.0 Å². The van der Waals surface area contributed by atoms with Crippen LogP contribution in [-0.2, 0) is 10.2 Å². The van der Waals surface area contributed by atoms with Crippen molar-refractivity contribution < 1.29 is 4.79 Å².